The molecule has 0 aromatic heterocycles. The van der Waals surface area contributed by atoms with Crippen LogP contribution in [0.1, 0.15) is 143 Å². The Morgan fingerprint density at radius 2 is 1.13 bits per heavy atom. The predicted octanol–water partition coefficient (Wildman–Crippen LogP) is 9.14. The number of aliphatic hydroxyl groups is 1. The van der Waals surface area contributed by atoms with Crippen molar-refractivity contribution in [2.24, 2.45) is 0 Å². The van der Waals surface area contributed by atoms with Crippen molar-refractivity contribution in [2.75, 3.05) is 18.8 Å². The van der Waals surface area contributed by atoms with Crippen molar-refractivity contribution in [1.82, 2.24) is 4.90 Å². The molecule has 0 saturated carbocycles. The molecule has 2 nitrogen and oxygen atoms in total. The Kier molecular flexibility index (Phi) is 25.0. The van der Waals surface area contributed by atoms with Crippen molar-refractivity contribution in [3.63, 3.8) is 0 Å². The molecule has 4 heteroatoms. The van der Waals surface area contributed by atoms with Crippen LogP contribution in [0, 0.1) is 0 Å². The minimum Gasteiger partial charge on any atom is -0.391 e. The van der Waals surface area contributed by atoms with Gasteiger partial charge in [0.25, 0.3) is 0 Å². The molecule has 0 rings (SSSR count). The van der Waals surface area contributed by atoms with Gasteiger partial charge in [0.2, 0.25) is 0 Å². The number of hydrogen-bond donors (Lipinski definition) is 1. The first-order valence-electron chi connectivity index (χ1n) is 13.7. The van der Waals surface area contributed by atoms with E-state index in [-0.39, 0.29) is 6.10 Å². The van der Waals surface area contributed by atoms with E-state index < -0.39 is 0 Å². The Balaban J connectivity index is 3.66. The van der Waals surface area contributed by atoms with Crippen LogP contribution in [0.4, 0.5) is 0 Å². The van der Waals surface area contributed by atoms with E-state index in [1.165, 1.54) is 103 Å². The van der Waals surface area contributed by atoms with Crippen molar-refractivity contribution in [1.29, 1.82) is 0 Å². The third-order valence-corrected chi connectivity index (χ3v) is 7.69. The van der Waals surface area contributed by atoms with Crippen LogP contribution in [0.3, 0.4) is 0 Å². The number of aliphatic hydroxyl groups excluding tert-OH is 1. The Morgan fingerprint density at radius 3 is 1.61 bits per heavy atom. The van der Waals surface area contributed by atoms with Gasteiger partial charge in [-0.05, 0) is 19.3 Å². The highest BCUT2D eigenvalue weighted by Gasteiger charge is 2.14. The molecule has 0 aliphatic carbocycles. The molecule has 0 saturated heterocycles. The fourth-order valence-electron chi connectivity index (χ4n) is 3.92. The molecule has 0 fully saturated rings. The van der Waals surface area contributed by atoms with E-state index in [1.807, 2.05) is 0 Å². The van der Waals surface area contributed by atoms with Crippen molar-refractivity contribution in [2.45, 2.75) is 149 Å². The molecule has 0 aliphatic rings. The minimum atomic E-state index is -0.237. The summed E-state index contributed by atoms with van der Waals surface area (Å²) in [7, 11) is 0. The summed E-state index contributed by atoms with van der Waals surface area (Å²) in [5.74, 6) is 1.10. The molecule has 1 unspecified atom stereocenters. The van der Waals surface area contributed by atoms with Gasteiger partial charge < -0.3 is 10.0 Å². The second-order valence-corrected chi connectivity index (χ2v) is 11.0. The molecule has 0 radical (unpaired) electrons. The topological polar surface area (TPSA) is 23.5 Å². The van der Waals surface area contributed by atoms with Crippen LogP contribution in [0.5, 0.6) is 0 Å². The Labute approximate surface area is 205 Å². The predicted molar refractivity (Wildman–Crippen MR) is 147 cm³/mol. The largest absolute Gasteiger partial charge is 0.391 e. The van der Waals surface area contributed by atoms with Gasteiger partial charge in [-0.1, -0.05) is 147 Å². The van der Waals surface area contributed by atoms with Gasteiger partial charge in [-0.2, -0.15) is 0 Å². The average molecular weight is 474 g/mol. The molecule has 0 aromatic rings. The van der Waals surface area contributed by atoms with Crippen LogP contribution >= 0.6 is 24.0 Å². The lowest BCUT2D eigenvalue weighted by Crippen LogP contribution is -2.36. The zero-order valence-electron chi connectivity index (χ0n) is 21.3. The molecule has 0 heterocycles. The van der Waals surface area contributed by atoms with Crippen molar-refractivity contribution < 1.29 is 5.11 Å². The van der Waals surface area contributed by atoms with E-state index >= 15 is 0 Å². The summed E-state index contributed by atoms with van der Waals surface area (Å²) in [6, 6.07) is 0. The van der Waals surface area contributed by atoms with Gasteiger partial charge >= 0.3 is 0 Å². The summed E-state index contributed by atoms with van der Waals surface area (Å²) in [6.07, 6.45) is 24.8. The first-order valence-corrected chi connectivity index (χ1v) is 15.1. The van der Waals surface area contributed by atoms with E-state index in [0.29, 0.717) is 0 Å². The SMILES string of the molecule is CCCCCCCCCCCCCCCCC(O)CN(CCCC)C(=S)SCCCC. The molecule has 0 amide bonds. The molecule has 0 aliphatic heterocycles. The summed E-state index contributed by atoms with van der Waals surface area (Å²) in [5, 5.41) is 10.5. The second kappa shape index (κ2) is 24.8. The Bertz CT molecular complexity index is 378. The molecule has 0 aromatic carbocycles. The smallest absolute Gasteiger partial charge is 0.136 e. The number of thioether (sulfide) groups is 1. The molecule has 186 valence electrons. The van der Waals surface area contributed by atoms with E-state index in [2.05, 4.69) is 25.7 Å². The van der Waals surface area contributed by atoms with E-state index in [0.717, 1.165) is 42.4 Å². The zero-order chi connectivity index (χ0) is 23.0. The second-order valence-electron chi connectivity index (χ2n) is 9.31. The molecular weight excluding hydrogens is 418 g/mol. The van der Waals surface area contributed by atoms with E-state index in [9.17, 15) is 5.11 Å². The fraction of sp³-hybridized carbons (Fsp3) is 0.963. The lowest BCUT2D eigenvalue weighted by Gasteiger charge is -2.27. The van der Waals surface area contributed by atoms with Gasteiger partial charge in [-0.15, -0.1) is 0 Å². The summed E-state index contributed by atoms with van der Waals surface area (Å²) in [4.78, 5) is 2.26. The standard InChI is InChI=1S/C27H55NOS2/c1-4-7-10-11-12-13-14-15-16-17-18-19-20-21-22-26(29)25-28(23-8-5-2)27(30)31-24-9-6-3/h26,29H,4-25H2,1-3H3. The van der Waals surface area contributed by atoms with Gasteiger partial charge in [0.05, 0.1) is 6.10 Å². The number of thiocarbonyl (C=S) groups is 1. The molecular formula is C27H55NOS2. The Morgan fingerprint density at radius 1 is 0.677 bits per heavy atom. The highest BCUT2D eigenvalue weighted by atomic mass is 32.2. The maximum atomic E-state index is 10.5. The highest BCUT2D eigenvalue weighted by molar-refractivity contribution is 8.22. The van der Waals surface area contributed by atoms with Gasteiger partial charge in [-0.25, -0.2) is 0 Å². The summed E-state index contributed by atoms with van der Waals surface area (Å²) < 4.78 is 0.988. The normalized spacial score (nSPS) is 12.3. The van der Waals surface area contributed by atoms with Crippen LogP contribution in [0.2, 0.25) is 0 Å². The minimum absolute atomic E-state index is 0.237. The van der Waals surface area contributed by atoms with Crippen molar-refractivity contribution in [3.05, 3.63) is 0 Å². The van der Waals surface area contributed by atoms with Crippen LogP contribution < -0.4 is 0 Å². The average Bonchev–Trinajstić information content (AvgIpc) is 2.76. The number of rotatable bonds is 23. The first-order chi connectivity index (χ1) is 15.2. The lowest BCUT2D eigenvalue weighted by atomic mass is 10.0. The zero-order valence-corrected chi connectivity index (χ0v) is 23.0. The third-order valence-electron chi connectivity index (χ3n) is 6.09. The Hall–Kier alpha value is 0.200. The number of unbranched alkanes of at least 4 members (excludes halogenated alkanes) is 15. The van der Waals surface area contributed by atoms with E-state index in [4.69, 9.17) is 12.2 Å². The van der Waals surface area contributed by atoms with Gasteiger partial charge in [-0.3, -0.25) is 0 Å². The van der Waals surface area contributed by atoms with Crippen LogP contribution in [0.15, 0.2) is 0 Å². The van der Waals surface area contributed by atoms with Crippen molar-refractivity contribution in [3.8, 4) is 0 Å². The van der Waals surface area contributed by atoms with Gasteiger partial charge in [0.1, 0.15) is 4.32 Å². The van der Waals surface area contributed by atoms with Crippen molar-refractivity contribution >= 4 is 28.3 Å². The lowest BCUT2D eigenvalue weighted by molar-refractivity contribution is 0.131. The third kappa shape index (κ3) is 21.8. The molecule has 0 bridgehead atoms. The van der Waals surface area contributed by atoms with E-state index in [1.54, 1.807) is 11.8 Å². The maximum Gasteiger partial charge on any atom is 0.136 e. The summed E-state index contributed by atoms with van der Waals surface area (Å²) >= 11 is 7.44. The van der Waals surface area contributed by atoms with Gasteiger partial charge in [0, 0.05) is 18.8 Å². The molecule has 31 heavy (non-hydrogen) atoms. The first kappa shape index (κ1) is 31.2. The summed E-state index contributed by atoms with van der Waals surface area (Å²) in [6.45, 7) is 8.44. The molecule has 1 atom stereocenters. The quantitative estimate of drug-likeness (QED) is 0.118. The van der Waals surface area contributed by atoms with Crippen LogP contribution in [-0.2, 0) is 0 Å². The van der Waals surface area contributed by atoms with Crippen LogP contribution in [-0.4, -0.2) is 39.3 Å². The molecule has 0 spiro atoms. The number of hydrogen-bond acceptors (Lipinski definition) is 3. The number of nitrogens with zero attached hydrogens (tertiary/aromatic N) is 1. The highest BCUT2D eigenvalue weighted by Crippen LogP contribution is 2.16. The molecule has 1 N–H and O–H groups in total. The van der Waals surface area contributed by atoms with Gasteiger partial charge in [0.15, 0.2) is 0 Å². The van der Waals surface area contributed by atoms with Crippen LogP contribution in [0.25, 0.3) is 0 Å². The monoisotopic (exact) mass is 473 g/mol. The fourth-order valence-corrected chi connectivity index (χ4v) is 5.29. The maximum absolute atomic E-state index is 10.5. The summed E-state index contributed by atoms with van der Waals surface area (Å²) in [5.41, 5.74) is 0.